The van der Waals surface area contributed by atoms with Gasteiger partial charge in [0.2, 0.25) is 11.8 Å². The molecule has 0 aliphatic rings. The van der Waals surface area contributed by atoms with E-state index in [1.807, 2.05) is 31.2 Å². The Morgan fingerprint density at radius 3 is 2.40 bits per heavy atom. The van der Waals surface area contributed by atoms with Crippen molar-refractivity contribution >= 4 is 11.8 Å². The number of carbonyl (C=O) groups is 2. The molecule has 4 heteroatoms. The van der Waals surface area contributed by atoms with Crippen LogP contribution >= 0.6 is 0 Å². The van der Waals surface area contributed by atoms with Gasteiger partial charge in [-0.05, 0) is 43.0 Å². The minimum atomic E-state index is -0.465. The Kier molecular flexibility index (Phi) is 6.52. The minimum Gasteiger partial charge on any atom is -0.366 e. The fourth-order valence-corrected chi connectivity index (χ4v) is 2.55. The van der Waals surface area contributed by atoms with Crippen LogP contribution in [0, 0.1) is 0 Å². The Morgan fingerprint density at radius 2 is 1.72 bits per heavy atom. The van der Waals surface area contributed by atoms with Crippen LogP contribution in [0.25, 0.3) is 0 Å². The van der Waals surface area contributed by atoms with Gasteiger partial charge in [-0.1, -0.05) is 48.0 Å². The molecule has 0 unspecified atom stereocenters. The van der Waals surface area contributed by atoms with Gasteiger partial charge in [0.05, 0.1) is 0 Å². The molecule has 0 aliphatic carbocycles. The van der Waals surface area contributed by atoms with E-state index in [4.69, 9.17) is 5.73 Å². The van der Waals surface area contributed by atoms with Crippen LogP contribution in [-0.2, 0) is 17.8 Å². The Labute approximate surface area is 149 Å². The van der Waals surface area contributed by atoms with Gasteiger partial charge < -0.3 is 10.6 Å². The predicted octanol–water partition coefficient (Wildman–Crippen LogP) is 3.32. The van der Waals surface area contributed by atoms with Crippen LogP contribution in [0.5, 0.6) is 0 Å². The maximum atomic E-state index is 12.3. The molecule has 0 spiro atoms. The van der Waals surface area contributed by atoms with E-state index in [1.54, 1.807) is 36.2 Å². The molecule has 2 aromatic rings. The van der Waals surface area contributed by atoms with Gasteiger partial charge in [0.25, 0.3) is 0 Å². The minimum absolute atomic E-state index is 0.0463. The van der Waals surface area contributed by atoms with Crippen molar-refractivity contribution in [3.05, 3.63) is 82.9 Å². The number of primary amides is 1. The molecular formula is C21H24N2O2. The lowest BCUT2D eigenvalue weighted by Gasteiger charge is -2.16. The standard InChI is InChI=1S/C21H24N2O2/c1-16(11-12-17-7-4-3-5-8-17)13-20(24)23(2)15-18-9-6-10-19(14-18)21(22)25/h3-10,13-14H,11-12,15H2,1-2H3,(H2,22,25)/b16-13+. The zero-order valence-corrected chi connectivity index (χ0v) is 14.7. The summed E-state index contributed by atoms with van der Waals surface area (Å²) in [5, 5.41) is 0. The van der Waals surface area contributed by atoms with Gasteiger partial charge in [0.1, 0.15) is 0 Å². The van der Waals surface area contributed by atoms with E-state index in [-0.39, 0.29) is 5.91 Å². The number of aryl methyl sites for hydroxylation is 1. The van der Waals surface area contributed by atoms with Crippen molar-refractivity contribution in [3.63, 3.8) is 0 Å². The van der Waals surface area contributed by atoms with Gasteiger partial charge in [-0.15, -0.1) is 0 Å². The van der Waals surface area contributed by atoms with E-state index >= 15 is 0 Å². The van der Waals surface area contributed by atoms with Crippen molar-refractivity contribution in [1.82, 2.24) is 4.90 Å². The quantitative estimate of drug-likeness (QED) is 0.788. The summed E-state index contributed by atoms with van der Waals surface area (Å²) in [5.74, 6) is -0.512. The van der Waals surface area contributed by atoms with Crippen LogP contribution in [0.3, 0.4) is 0 Å². The first-order valence-electron chi connectivity index (χ1n) is 8.30. The first kappa shape index (κ1) is 18.5. The topological polar surface area (TPSA) is 63.4 Å². The van der Waals surface area contributed by atoms with E-state index < -0.39 is 5.91 Å². The van der Waals surface area contributed by atoms with Gasteiger partial charge in [-0.3, -0.25) is 9.59 Å². The summed E-state index contributed by atoms with van der Waals surface area (Å²) < 4.78 is 0. The van der Waals surface area contributed by atoms with Crippen LogP contribution in [0.4, 0.5) is 0 Å². The molecule has 0 radical (unpaired) electrons. The summed E-state index contributed by atoms with van der Waals surface area (Å²) >= 11 is 0. The van der Waals surface area contributed by atoms with Crippen molar-refractivity contribution in [3.8, 4) is 0 Å². The Balaban J connectivity index is 1.92. The van der Waals surface area contributed by atoms with Gasteiger partial charge >= 0.3 is 0 Å². The molecule has 2 amide bonds. The first-order valence-corrected chi connectivity index (χ1v) is 8.30. The lowest BCUT2D eigenvalue weighted by atomic mass is 10.1. The number of likely N-dealkylation sites (N-methyl/N-ethyl adjacent to an activating group) is 1. The highest BCUT2D eigenvalue weighted by Gasteiger charge is 2.09. The largest absolute Gasteiger partial charge is 0.366 e. The van der Waals surface area contributed by atoms with Crippen LogP contribution in [0.2, 0.25) is 0 Å². The normalized spacial score (nSPS) is 11.2. The lowest BCUT2D eigenvalue weighted by Crippen LogP contribution is -2.24. The summed E-state index contributed by atoms with van der Waals surface area (Å²) in [4.78, 5) is 25.2. The molecule has 4 nitrogen and oxygen atoms in total. The number of allylic oxidation sites excluding steroid dienone is 1. The molecule has 0 saturated heterocycles. The number of rotatable bonds is 7. The summed E-state index contributed by atoms with van der Waals surface area (Å²) in [6, 6.07) is 17.3. The van der Waals surface area contributed by atoms with Crippen molar-refractivity contribution in [2.24, 2.45) is 5.73 Å². The molecular weight excluding hydrogens is 312 g/mol. The number of hydrogen-bond acceptors (Lipinski definition) is 2. The van der Waals surface area contributed by atoms with Crippen LogP contribution in [0.1, 0.15) is 34.8 Å². The summed E-state index contributed by atoms with van der Waals surface area (Å²) in [6.45, 7) is 2.41. The number of amides is 2. The smallest absolute Gasteiger partial charge is 0.248 e. The molecule has 0 heterocycles. The summed E-state index contributed by atoms with van der Waals surface area (Å²) in [6.07, 6.45) is 3.45. The molecule has 0 aliphatic heterocycles. The number of benzene rings is 2. The van der Waals surface area contributed by atoms with E-state index in [0.29, 0.717) is 12.1 Å². The summed E-state index contributed by atoms with van der Waals surface area (Å²) in [7, 11) is 1.75. The fraction of sp³-hybridized carbons (Fsp3) is 0.238. The molecule has 0 saturated carbocycles. The third kappa shape index (κ3) is 5.92. The monoisotopic (exact) mass is 336 g/mol. The highest BCUT2D eigenvalue weighted by molar-refractivity contribution is 5.93. The van der Waals surface area contributed by atoms with Crippen molar-refractivity contribution in [1.29, 1.82) is 0 Å². The zero-order chi connectivity index (χ0) is 18.2. The summed E-state index contributed by atoms with van der Waals surface area (Å²) in [5.41, 5.74) is 8.93. The van der Waals surface area contributed by atoms with Gasteiger partial charge in [-0.25, -0.2) is 0 Å². The maximum absolute atomic E-state index is 12.3. The maximum Gasteiger partial charge on any atom is 0.248 e. The molecule has 0 aromatic heterocycles. The second-order valence-corrected chi connectivity index (χ2v) is 6.24. The van der Waals surface area contributed by atoms with Gasteiger partial charge in [0, 0.05) is 25.2 Å². The average molecular weight is 336 g/mol. The molecule has 2 N–H and O–H groups in total. The molecule has 130 valence electrons. The molecule has 2 rings (SSSR count). The molecule has 0 bridgehead atoms. The average Bonchev–Trinajstić information content (AvgIpc) is 2.61. The van der Waals surface area contributed by atoms with Crippen LogP contribution in [0.15, 0.2) is 66.2 Å². The second kappa shape index (κ2) is 8.83. The highest BCUT2D eigenvalue weighted by atomic mass is 16.2. The van der Waals surface area contributed by atoms with Crippen LogP contribution in [-0.4, -0.2) is 23.8 Å². The highest BCUT2D eigenvalue weighted by Crippen LogP contribution is 2.11. The van der Waals surface area contributed by atoms with Crippen molar-refractivity contribution in [2.45, 2.75) is 26.3 Å². The molecule has 2 aromatic carbocycles. The van der Waals surface area contributed by atoms with E-state index in [0.717, 1.165) is 24.0 Å². The van der Waals surface area contributed by atoms with Crippen molar-refractivity contribution in [2.75, 3.05) is 7.05 Å². The molecule has 25 heavy (non-hydrogen) atoms. The Bertz CT molecular complexity index is 766. The number of carbonyl (C=O) groups excluding carboxylic acids is 2. The van der Waals surface area contributed by atoms with E-state index in [1.165, 1.54) is 5.56 Å². The van der Waals surface area contributed by atoms with Crippen molar-refractivity contribution < 1.29 is 9.59 Å². The SMILES string of the molecule is C/C(=C\C(=O)N(C)Cc1cccc(C(N)=O)c1)CCc1ccccc1. The Morgan fingerprint density at radius 1 is 1.04 bits per heavy atom. The van der Waals surface area contributed by atoms with Gasteiger partial charge in [0.15, 0.2) is 0 Å². The third-order valence-electron chi connectivity index (χ3n) is 4.03. The first-order chi connectivity index (χ1) is 12.0. The zero-order valence-electron chi connectivity index (χ0n) is 14.7. The number of nitrogens with two attached hydrogens (primary N) is 1. The number of hydrogen-bond donors (Lipinski definition) is 1. The molecule has 0 fully saturated rings. The van der Waals surface area contributed by atoms with E-state index in [2.05, 4.69) is 12.1 Å². The fourth-order valence-electron chi connectivity index (χ4n) is 2.55. The van der Waals surface area contributed by atoms with Crippen LogP contribution < -0.4 is 5.73 Å². The predicted molar refractivity (Wildman–Crippen MR) is 100.0 cm³/mol. The van der Waals surface area contributed by atoms with Gasteiger partial charge in [-0.2, -0.15) is 0 Å². The Hall–Kier alpha value is -2.88. The lowest BCUT2D eigenvalue weighted by molar-refractivity contribution is -0.125. The number of nitrogens with zero attached hydrogens (tertiary/aromatic N) is 1. The third-order valence-corrected chi connectivity index (χ3v) is 4.03. The van der Waals surface area contributed by atoms with E-state index in [9.17, 15) is 9.59 Å². The molecule has 0 atom stereocenters. The second-order valence-electron chi connectivity index (χ2n) is 6.24.